The van der Waals surface area contributed by atoms with Gasteiger partial charge < -0.3 is 10.8 Å². The van der Waals surface area contributed by atoms with Gasteiger partial charge >= 0.3 is 0 Å². The third-order valence-electron chi connectivity index (χ3n) is 3.45. The summed E-state index contributed by atoms with van der Waals surface area (Å²) < 4.78 is 12.9. The van der Waals surface area contributed by atoms with Crippen LogP contribution in [0.2, 0.25) is 0 Å². The Morgan fingerprint density at radius 2 is 2.31 bits per heavy atom. The Morgan fingerprint density at radius 3 is 2.88 bits per heavy atom. The van der Waals surface area contributed by atoms with E-state index in [0.717, 1.165) is 24.0 Å². The molecule has 0 aromatic heterocycles. The van der Waals surface area contributed by atoms with E-state index in [9.17, 15) is 9.50 Å². The molecule has 2 atom stereocenters. The van der Waals surface area contributed by atoms with Crippen molar-refractivity contribution in [3.05, 3.63) is 35.1 Å². The molecule has 2 rings (SSSR count). The number of aliphatic hydroxyl groups is 1. The molecule has 0 amide bonds. The Bertz CT molecular complexity index is 394. The zero-order chi connectivity index (χ0) is 11.8. The van der Waals surface area contributed by atoms with Crippen LogP contribution in [0.3, 0.4) is 0 Å². The third kappa shape index (κ3) is 2.42. The van der Waals surface area contributed by atoms with Crippen LogP contribution in [0.5, 0.6) is 0 Å². The molecular weight excluding hydrogens is 205 g/mol. The van der Waals surface area contributed by atoms with E-state index in [4.69, 9.17) is 5.73 Å². The van der Waals surface area contributed by atoms with Crippen molar-refractivity contribution in [2.45, 2.75) is 44.2 Å². The van der Waals surface area contributed by atoms with Gasteiger partial charge in [0.25, 0.3) is 0 Å². The molecule has 2 unspecified atom stereocenters. The van der Waals surface area contributed by atoms with Crippen LogP contribution >= 0.6 is 0 Å². The molecule has 0 spiro atoms. The average molecular weight is 223 g/mol. The highest BCUT2D eigenvalue weighted by Crippen LogP contribution is 2.32. The van der Waals surface area contributed by atoms with Crippen LogP contribution in [0.15, 0.2) is 18.2 Å². The van der Waals surface area contributed by atoms with E-state index in [1.54, 1.807) is 6.07 Å². The van der Waals surface area contributed by atoms with Crippen molar-refractivity contribution in [3.8, 4) is 0 Å². The highest BCUT2D eigenvalue weighted by molar-refractivity contribution is 5.28. The van der Waals surface area contributed by atoms with Crippen LogP contribution in [0.25, 0.3) is 0 Å². The van der Waals surface area contributed by atoms with Gasteiger partial charge in [0, 0.05) is 12.5 Å². The molecule has 1 saturated carbocycles. The molecule has 0 radical (unpaired) electrons. The van der Waals surface area contributed by atoms with E-state index in [1.807, 2.05) is 6.92 Å². The Kier molecular flexibility index (Phi) is 3.00. The lowest BCUT2D eigenvalue weighted by atomic mass is 9.90. The van der Waals surface area contributed by atoms with Crippen molar-refractivity contribution in [3.63, 3.8) is 0 Å². The van der Waals surface area contributed by atoms with E-state index in [1.165, 1.54) is 12.1 Å². The van der Waals surface area contributed by atoms with Crippen molar-refractivity contribution < 1.29 is 9.50 Å². The van der Waals surface area contributed by atoms with Crippen LogP contribution in [-0.2, 0) is 6.42 Å². The first-order valence-corrected chi connectivity index (χ1v) is 5.71. The lowest BCUT2D eigenvalue weighted by Crippen LogP contribution is -2.30. The van der Waals surface area contributed by atoms with Gasteiger partial charge in [0.1, 0.15) is 5.82 Å². The van der Waals surface area contributed by atoms with Crippen LogP contribution in [0.1, 0.15) is 30.4 Å². The van der Waals surface area contributed by atoms with Crippen LogP contribution < -0.4 is 5.73 Å². The first kappa shape index (κ1) is 11.6. The summed E-state index contributed by atoms with van der Waals surface area (Å²) in [6, 6.07) is 4.81. The second-order valence-corrected chi connectivity index (χ2v) is 4.97. The Morgan fingerprint density at radius 1 is 1.56 bits per heavy atom. The molecule has 0 aliphatic heterocycles. The van der Waals surface area contributed by atoms with Crippen molar-refractivity contribution in [2.75, 3.05) is 0 Å². The standard InChI is InChI=1S/C13H18FNO/c1-9-6-11(14)3-2-10(9)7-13(16)5-4-12(15)8-13/h2-3,6,12,16H,4-5,7-8,15H2,1H3. The maximum atomic E-state index is 12.9. The van der Waals surface area contributed by atoms with Crippen molar-refractivity contribution in [1.29, 1.82) is 0 Å². The number of hydrogen-bond acceptors (Lipinski definition) is 2. The fourth-order valence-electron chi connectivity index (χ4n) is 2.52. The van der Waals surface area contributed by atoms with Crippen molar-refractivity contribution in [2.24, 2.45) is 5.73 Å². The van der Waals surface area contributed by atoms with Gasteiger partial charge in [0.05, 0.1) is 5.60 Å². The van der Waals surface area contributed by atoms with E-state index in [2.05, 4.69) is 0 Å². The predicted molar refractivity (Wildman–Crippen MR) is 61.6 cm³/mol. The molecule has 1 fully saturated rings. The topological polar surface area (TPSA) is 46.2 Å². The third-order valence-corrected chi connectivity index (χ3v) is 3.45. The number of halogens is 1. The Balaban J connectivity index is 2.14. The molecule has 0 heterocycles. The molecular formula is C13H18FNO. The molecule has 2 nitrogen and oxygen atoms in total. The first-order chi connectivity index (χ1) is 7.48. The fourth-order valence-corrected chi connectivity index (χ4v) is 2.52. The lowest BCUT2D eigenvalue weighted by Gasteiger charge is -2.23. The molecule has 1 aliphatic rings. The Hall–Kier alpha value is -0.930. The molecule has 3 N–H and O–H groups in total. The zero-order valence-corrected chi connectivity index (χ0v) is 9.54. The van der Waals surface area contributed by atoms with Gasteiger partial charge in [-0.25, -0.2) is 4.39 Å². The van der Waals surface area contributed by atoms with Crippen LogP contribution in [-0.4, -0.2) is 16.7 Å². The van der Waals surface area contributed by atoms with E-state index in [-0.39, 0.29) is 11.9 Å². The summed E-state index contributed by atoms with van der Waals surface area (Å²) >= 11 is 0. The van der Waals surface area contributed by atoms with E-state index >= 15 is 0 Å². The summed E-state index contributed by atoms with van der Waals surface area (Å²) in [5.41, 5.74) is 7.02. The van der Waals surface area contributed by atoms with Gasteiger partial charge in [-0.1, -0.05) is 6.07 Å². The van der Waals surface area contributed by atoms with Gasteiger partial charge in [0.2, 0.25) is 0 Å². The highest BCUT2D eigenvalue weighted by Gasteiger charge is 2.35. The molecule has 1 aliphatic carbocycles. The summed E-state index contributed by atoms with van der Waals surface area (Å²) in [5.74, 6) is -0.226. The normalized spacial score (nSPS) is 29.6. The highest BCUT2D eigenvalue weighted by atomic mass is 19.1. The summed E-state index contributed by atoms with van der Waals surface area (Å²) in [6.45, 7) is 1.87. The lowest BCUT2D eigenvalue weighted by molar-refractivity contribution is 0.0467. The summed E-state index contributed by atoms with van der Waals surface area (Å²) in [4.78, 5) is 0. The Labute approximate surface area is 95.3 Å². The predicted octanol–water partition coefficient (Wildman–Crippen LogP) is 1.92. The van der Waals surface area contributed by atoms with Gasteiger partial charge in [-0.15, -0.1) is 0 Å². The molecule has 3 heteroatoms. The second kappa shape index (κ2) is 4.15. The number of nitrogens with two attached hydrogens (primary N) is 1. The maximum absolute atomic E-state index is 12.9. The zero-order valence-electron chi connectivity index (χ0n) is 9.54. The average Bonchev–Trinajstić information content (AvgIpc) is 2.52. The molecule has 1 aromatic carbocycles. The van der Waals surface area contributed by atoms with Crippen molar-refractivity contribution >= 4 is 0 Å². The minimum atomic E-state index is -0.692. The van der Waals surface area contributed by atoms with Crippen LogP contribution in [0, 0.1) is 12.7 Å². The van der Waals surface area contributed by atoms with Gasteiger partial charge in [-0.05, 0) is 49.4 Å². The monoisotopic (exact) mass is 223 g/mol. The van der Waals surface area contributed by atoms with E-state index in [0.29, 0.717) is 12.8 Å². The number of rotatable bonds is 2. The van der Waals surface area contributed by atoms with Gasteiger partial charge in [-0.2, -0.15) is 0 Å². The van der Waals surface area contributed by atoms with E-state index < -0.39 is 5.60 Å². The quantitative estimate of drug-likeness (QED) is 0.804. The molecule has 0 saturated heterocycles. The minimum absolute atomic E-state index is 0.103. The molecule has 1 aromatic rings. The largest absolute Gasteiger partial charge is 0.389 e. The molecule has 88 valence electrons. The number of benzene rings is 1. The SMILES string of the molecule is Cc1cc(F)ccc1CC1(O)CCC(N)C1. The first-order valence-electron chi connectivity index (χ1n) is 5.71. The molecule has 16 heavy (non-hydrogen) atoms. The van der Waals surface area contributed by atoms with Gasteiger partial charge in [0.15, 0.2) is 0 Å². The van der Waals surface area contributed by atoms with Gasteiger partial charge in [-0.3, -0.25) is 0 Å². The fraction of sp³-hybridized carbons (Fsp3) is 0.538. The summed E-state index contributed by atoms with van der Waals surface area (Å²) in [7, 11) is 0. The maximum Gasteiger partial charge on any atom is 0.123 e. The number of aryl methyl sites for hydroxylation is 1. The summed E-state index contributed by atoms with van der Waals surface area (Å²) in [5, 5.41) is 10.3. The number of hydrogen-bond donors (Lipinski definition) is 2. The van der Waals surface area contributed by atoms with Crippen molar-refractivity contribution in [1.82, 2.24) is 0 Å². The second-order valence-electron chi connectivity index (χ2n) is 4.97. The summed E-state index contributed by atoms with van der Waals surface area (Å²) in [6.07, 6.45) is 2.83. The smallest absolute Gasteiger partial charge is 0.123 e. The molecule has 0 bridgehead atoms. The minimum Gasteiger partial charge on any atom is -0.389 e. The van der Waals surface area contributed by atoms with Crippen LogP contribution in [0.4, 0.5) is 4.39 Å².